The molecule has 1 aromatic carbocycles. The van der Waals surface area contributed by atoms with Crippen LogP contribution in [0.2, 0.25) is 0 Å². The molecular weight excluding hydrogens is 327 g/mol. The molecule has 96 valence electrons. The second-order valence-electron chi connectivity index (χ2n) is 3.74. The summed E-state index contributed by atoms with van der Waals surface area (Å²) in [6.07, 6.45) is -4.31. The minimum atomic E-state index is -4.31. The van der Waals surface area contributed by atoms with Crippen molar-refractivity contribution in [1.29, 1.82) is 0 Å². The summed E-state index contributed by atoms with van der Waals surface area (Å²) in [5.41, 5.74) is 6.00. The van der Waals surface area contributed by atoms with E-state index in [0.29, 0.717) is 5.56 Å². The smallest absolute Gasteiger partial charge is 0.320 e. The van der Waals surface area contributed by atoms with E-state index in [9.17, 15) is 13.2 Å². The Morgan fingerprint density at radius 1 is 1.06 bits per heavy atom. The maximum Gasteiger partial charge on any atom is 0.416 e. The van der Waals surface area contributed by atoms with Gasteiger partial charge in [-0.25, -0.2) is 0 Å². The van der Waals surface area contributed by atoms with Crippen molar-refractivity contribution in [3.05, 3.63) is 56.2 Å². The molecule has 18 heavy (non-hydrogen) atoms. The first-order chi connectivity index (χ1) is 8.38. The fourth-order valence-electron chi connectivity index (χ4n) is 1.54. The molecule has 2 rings (SSSR count). The highest BCUT2D eigenvalue weighted by molar-refractivity contribution is 9.11. The highest BCUT2D eigenvalue weighted by Gasteiger charge is 2.30. The van der Waals surface area contributed by atoms with Gasteiger partial charge in [0.25, 0.3) is 0 Å². The van der Waals surface area contributed by atoms with Crippen LogP contribution in [0.1, 0.15) is 22.0 Å². The number of hydrogen-bond acceptors (Lipinski definition) is 2. The van der Waals surface area contributed by atoms with Crippen molar-refractivity contribution in [2.75, 3.05) is 0 Å². The molecule has 1 unspecified atom stereocenters. The Morgan fingerprint density at radius 3 is 2.11 bits per heavy atom. The molecule has 1 nitrogen and oxygen atoms in total. The Balaban J connectivity index is 2.24. The molecule has 0 saturated heterocycles. The van der Waals surface area contributed by atoms with Crippen LogP contribution in [0.25, 0.3) is 0 Å². The van der Waals surface area contributed by atoms with Gasteiger partial charge in [-0.2, -0.15) is 13.2 Å². The lowest BCUT2D eigenvalue weighted by Gasteiger charge is -2.12. The fourth-order valence-corrected chi connectivity index (χ4v) is 2.99. The minimum Gasteiger partial charge on any atom is -0.320 e. The van der Waals surface area contributed by atoms with Gasteiger partial charge in [0, 0.05) is 4.88 Å². The molecule has 0 spiro atoms. The van der Waals surface area contributed by atoms with E-state index in [4.69, 9.17) is 5.73 Å². The van der Waals surface area contributed by atoms with Gasteiger partial charge < -0.3 is 5.73 Å². The average Bonchev–Trinajstić information content (AvgIpc) is 2.74. The predicted octanol–water partition coefficient (Wildman–Crippen LogP) is 4.58. The molecule has 0 aliphatic carbocycles. The number of thiophene rings is 1. The van der Waals surface area contributed by atoms with Crippen LogP contribution >= 0.6 is 27.3 Å². The molecule has 0 aliphatic heterocycles. The first-order valence-corrected chi connectivity index (χ1v) is 6.67. The van der Waals surface area contributed by atoms with Crippen LogP contribution in [0, 0.1) is 0 Å². The van der Waals surface area contributed by atoms with E-state index in [1.165, 1.54) is 23.5 Å². The summed E-state index contributed by atoms with van der Waals surface area (Å²) < 4.78 is 38.2. The van der Waals surface area contributed by atoms with Crippen LogP contribution < -0.4 is 5.73 Å². The van der Waals surface area contributed by atoms with Crippen LogP contribution in [0.15, 0.2) is 40.2 Å². The van der Waals surface area contributed by atoms with Crippen LogP contribution in [-0.2, 0) is 6.18 Å². The second-order valence-corrected chi connectivity index (χ2v) is 6.23. The number of nitrogens with two attached hydrogens (primary N) is 1. The van der Waals surface area contributed by atoms with Gasteiger partial charge in [0.1, 0.15) is 0 Å². The third-order valence-corrected chi connectivity index (χ3v) is 4.20. The minimum absolute atomic E-state index is 0.399. The SMILES string of the molecule is NC(c1ccc(C(F)(F)F)cc1)c1ccc(Br)s1. The van der Waals surface area contributed by atoms with Crippen molar-refractivity contribution in [3.63, 3.8) is 0 Å². The van der Waals surface area contributed by atoms with Gasteiger partial charge in [-0.3, -0.25) is 0 Å². The lowest BCUT2D eigenvalue weighted by atomic mass is 10.0. The highest BCUT2D eigenvalue weighted by Crippen LogP contribution is 2.32. The zero-order valence-electron chi connectivity index (χ0n) is 9.04. The topological polar surface area (TPSA) is 26.0 Å². The Morgan fingerprint density at radius 2 is 1.67 bits per heavy atom. The molecule has 2 aromatic rings. The first kappa shape index (κ1) is 13.6. The van der Waals surface area contributed by atoms with E-state index in [1.807, 2.05) is 12.1 Å². The van der Waals surface area contributed by atoms with Gasteiger partial charge in [-0.15, -0.1) is 11.3 Å². The molecule has 0 saturated carbocycles. The van der Waals surface area contributed by atoms with Gasteiger partial charge in [-0.05, 0) is 45.8 Å². The molecule has 0 amide bonds. The van der Waals surface area contributed by atoms with Crippen molar-refractivity contribution >= 4 is 27.3 Å². The van der Waals surface area contributed by atoms with Gasteiger partial charge in [0.2, 0.25) is 0 Å². The maximum atomic E-state index is 12.4. The molecule has 1 heterocycles. The lowest BCUT2D eigenvalue weighted by Crippen LogP contribution is -2.11. The summed E-state index contributed by atoms with van der Waals surface area (Å²) in [5.74, 6) is 0. The lowest BCUT2D eigenvalue weighted by molar-refractivity contribution is -0.137. The summed E-state index contributed by atoms with van der Waals surface area (Å²) in [6.45, 7) is 0. The summed E-state index contributed by atoms with van der Waals surface area (Å²) in [5, 5.41) is 0. The monoisotopic (exact) mass is 335 g/mol. The van der Waals surface area contributed by atoms with Crippen molar-refractivity contribution in [2.45, 2.75) is 12.2 Å². The Labute approximate surface area is 115 Å². The predicted molar refractivity (Wildman–Crippen MR) is 69.5 cm³/mol. The molecule has 0 aliphatic rings. The van der Waals surface area contributed by atoms with Gasteiger partial charge >= 0.3 is 6.18 Å². The number of rotatable bonds is 2. The van der Waals surface area contributed by atoms with Crippen molar-refractivity contribution in [1.82, 2.24) is 0 Å². The molecule has 2 N–H and O–H groups in total. The zero-order valence-corrected chi connectivity index (χ0v) is 11.4. The number of alkyl halides is 3. The summed E-state index contributed by atoms with van der Waals surface area (Å²) in [6, 6.07) is 8.27. The fraction of sp³-hybridized carbons (Fsp3) is 0.167. The molecular formula is C12H9BrF3NS. The molecule has 1 atom stereocenters. The van der Waals surface area contributed by atoms with Crippen LogP contribution in [0.4, 0.5) is 13.2 Å². The van der Waals surface area contributed by atoms with Crippen LogP contribution in [-0.4, -0.2) is 0 Å². The van der Waals surface area contributed by atoms with Crippen molar-refractivity contribution < 1.29 is 13.2 Å². The molecule has 0 fully saturated rings. The van der Waals surface area contributed by atoms with E-state index in [0.717, 1.165) is 20.8 Å². The third-order valence-electron chi connectivity index (χ3n) is 2.50. The number of benzene rings is 1. The Hall–Kier alpha value is -0.850. The molecule has 0 bridgehead atoms. The molecule has 1 aromatic heterocycles. The van der Waals surface area contributed by atoms with Crippen LogP contribution in [0.5, 0.6) is 0 Å². The maximum absolute atomic E-state index is 12.4. The quantitative estimate of drug-likeness (QED) is 0.854. The van der Waals surface area contributed by atoms with E-state index in [1.54, 1.807) is 0 Å². The first-order valence-electron chi connectivity index (χ1n) is 5.06. The van der Waals surface area contributed by atoms with E-state index in [2.05, 4.69) is 15.9 Å². The summed E-state index contributed by atoms with van der Waals surface area (Å²) in [7, 11) is 0. The number of hydrogen-bond donors (Lipinski definition) is 1. The third kappa shape index (κ3) is 2.93. The van der Waals surface area contributed by atoms with Gasteiger partial charge in [-0.1, -0.05) is 12.1 Å². The largest absolute Gasteiger partial charge is 0.416 e. The Kier molecular flexibility index (Phi) is 3.79. The van der Waals surface area contributed by atoms with E-state index < -0.39 is 17.8 Å². The van der Waals surface area contributed by atoms with Crippen LogP contribution in [0.3, 0.4) is 0 Å². The molecule has 6 heteroatoms. The van der Waals surface area contributed by atoms with Gasteiger partial charge in [0.05, 0.1) is 15.4 Å². The summed E-state index contributed by atoms with van der Waals surface area (Å²) >= 11 is 4.79. The number of halogens is 4. The standard InChI is InChI=1S/C12H9BrF3NS/c13-10-6-5-9(18-10)11(17)7-1-3-8(4-2-7)12(14,15)16/h1-6,11H,17H2. The zero-order chi connectivity index (χ0) is 13.3. The van der Waals surface area contributed by atoms with E-state index in [-0.39, 0.29) is 0 Å². The second kappa shape index (κ2) is 5.03. The van der Waals surface area contributed by atoms with Crippen molar-refractivity contribution in [2.24, 2.45) is 5.73 Å². The van der Waals surface area contributed by atoms with E-state index >= 15 is 0 Å². The average molecular weight is 336 g/mol. The Bertz CT molecular complexity index is 533. The molecule has 0 radical (unpaired) electrons. The summed E-state index contributed by atoms with van der Waals surface area (Å²) in [4.78, 5) is 0.904. The highest BCUT2D eigenvalue weighted by atomic mass is 79.9. The van der Waals surface area contributed by atoms with Crippen molar-refractivity contribution in [3.8, 4) is 0 Å². The normalized spacial score (nSPS) is 13.6. The van der Waals surface area contributed by atoms with Gasteiger partial charge in [0.15, 0.2) is 0 Å².